The van der Waals surface area contributed by atoms with E-state index in [1.54, 1.807) is 0 Å². The van der Waals surface area contributed by atoms with Crippen LogP contribution in [0.2, 0.25) is 0 Å². The van der Waals surface area contributed by atoms with Crippen LogP contribution in [0.25, 0.3) is 0 Å². The first-order valence-corrected chi connectivity index (χ1v) is 5.81. The summed E-state index contributed by atoms with van der Waals surface area (Å²) in [6, 6.07) is 2.53. The average molecular weight is 266 g/mol. The Bertz CT molecular complexity index is 510. The van der Waals surface area contributed by atoms with Crippen LogP contribution in [0.4, 0.5) is 0 Å². The molecule has 0 aliphatic heterocycles. The maximum atomic E-state index is 11.9. The van der Waals surface area contributed by atoms with Crippen molar-refractivity contribution >= 4 is 11.8 Å². The van der Waals surface area contributed by atoms with E-state index in [9.17, 15) is 14.4 Å². The van der Waals surface area contributed by atoms with Gasteiger partial charge in [-0.25, -0.2) is 5.10 Å². The number of aromatic nitrogens is 2. The fourth-order valence-corrected chi connectivity index (χ4v) is 1.40. The zero-order chi connectivity index (χ0) is 14.6. The van der Waals surface area contributed by atoms with Gasteiger partial charge in [0.25, 0.3) is 11.5 Å². The van der Waals surface area contributed by atoms with Crippen LogP contribution in [-0.4, -0.2) is 46.0 Å². The minimum atomic E-state index is -0.430. The van der Waals surface area contributed by atoms with E-state index in [1.165, 1.54) is 24.1 Å². The van der Waals surface area contributed by atoms with Crippen molar-refractivity contribution in [2.45, 2.75) is 26.3 Å². The number of amides is 2. The molecule has 2 N–H and O–H groups in total. The lowest BCUT2D eigenvalue weighted by Crippen LogP contribution is -2.46. The second kappa shape index (κ2) is 5.64. The van der Waals surface area contributed by atoms with Gasteiger partial charge in [0.15, 0.2) is 0 Å². The number of likely N-dealkylation sites (N-methyl/N-ethyl adjacent to an activating group) is 1. The lowest BCUT2D eigenvalue weighted by Gasteiger charge is -2.23. The van der Waals surface area contributed by atoms with Crippen LogP contribution in [0, 0.1) is 0 Å². The Labute approximate surface area is 111 Å². The molecule has 104 valence electrons. The molecule has 0 saturated heterocycles. The van der Waals surface area contributed by atoms with Crippen molar-refractivity contribution in [2.75, 3.05) is 13.6 Å². The lowest BCUT2D eigenvalue weighted by atomic mass is 10.1. The van der Waals surface area contributed by atoms with Crippen LogP contribution < -0.4 is 10.9 Å². The summed E-state index contributed by atoms with van der Waals surface area (Å²) in [5, 5.41) is 8.55. The normalized spacial score (nSPS) is 10.9. The fourth-order valence-electron chi connectivity index (χ4n) is 1.40. The average Bonchev–Trinajstić information content (AvgIpc) is 2.26. The fraction of sp³-hybridized carbons (Fsp3) is 0.500. The van der Waals surface area contributed by atoms with Crippen LogP contribution in [0.5, 0.6) is 0 Å². The van der Waals surface area contributed by atoms with Crippen molar-refractivity contribution in [3.8, 4) is 0 Å². The zero-order valence-electron chi connectivity index (χ0n) is 11.5. The van der Waals surface area contributed by atoms with Crippen molar-refractivity contribution < 1.29 is 9.59 Å². The molecule has 2 amide bonds. The Morgan fingerprint density at radius 3 is 2.47 bits per heavy atom. The van der Waals surface area contributed by atoms with Gasteiger partial charge in [-0.15, -0.1) is 0 Å². The second-order valence-electron chi connectivity index (χ2n) is 5.27. The van der Waals surface area contributed by atoms with E-state index >= 15 is 0 Å². The van der Waals surface area contributed by atoms with Crippen LogP contribution in [0.15, 0.2) is 16.9 Å². The largest absolute Gasteiger partial charge is 0.350 e. The number of carbonyl (C=O) groups excluding carboxylic acids is 2. The minimum absolute atomic E-state index is 0.0725. The van der Waals surface area contributed by atoms with Crippen LogP contribution in [-0.2, 0) is 4.79 Å². The summed E-state index contributed by atoms with van der Waals surface area (Å²) in [5.41, 5.74) is -0.646. The molecule has 1 rings (SSSR count). The Balaban J connectivity index is 2.65. The number of carbonyl (C=O) groups is 2. The molecule has 1 heterocycles. The van der Waals surface area contributed by atoms with Crippen molar-refractivity contribution in [1.82, 2.24) is 20.4 Å². The van der Waals surface area contributed by atoms with Crippen molar-refractivity contribution in [3.63, 3.8) is 0 Å². The van der Waals surface area contributed by atoms with E-state index < -0.39 is 5.91 Å². The molecule has 1 aromatic rings. The molecule has 0 bridgehead atoms. The molecule has 0 aliphatic rings. The first kappa shape index (κ1) is 14.9. The summed E-state index contributed by atoms with van der Waals surface area (Å²) in [6.07, 6.45) is 0. The second-order valence-corrected chi connectivity index (χ2v) is 5.27. The first-order chi connectivity index (χ1) is 8.69. The third kappa shape index (κ3) is 4.90. The standard InChI is InChI=1S/C12H18N4O3/c1-12(2,3)13-10(18)7-16(4)11(19)8-5-6-9(17)15-14-8/h5-6H,7H2,1-4H3,(H,13,18)(H,15,17). The molecule has 0 fully saturated rings. The molecule has 0 atom stereocenters. The summed E-state index contributed by atoms with van der Waals surface area (Å²) in [5.74, 6) is -0.687. The molecule has 0 spiro atoms. The lowest BCUT2D eigenvalue weighted by molar-refractivity contribution is -0.122. The van der Waals surface area contributed by atoms with Crippen LogP contribution in [0.3, 0.4) is 0 Å². The summed E-state index contributed by atoms with van der Waals surface area (Å²) in [6.45, 7) is 5.50. The molecular weight excluding hydrogens is 248 g/mol. The van der Waals surface area contributed by atoms with Gasteiger partial charge < -0.3 is 10.2 Å². The highest BCUT2D eigenvalue weighted by atomic mass is 16.2. The molecular formula is C12H18N4O3. The van der Waals surface area contributed by atoms with Crippen LogP contribution >= 0.6 is 0 Å². The molecule has 0 saturated carbocycles. The Morgan fingerprint density at radius 2 is 2.00 bits per heavy atom. The van der Waals surface area contributed by atoms with E-state index in [0.29, 0.717) is 0 Å². The monoisotopic (exact) mass is 266 g/mol. The maximum Gasteiger partial charge on any atom is 0.274 e. The van der Waals surface area contributed by atoms with Gasteiger partial charge in [0, 0.05) is 18.7 Å². The van der Waals surface area contributed by atoms with Gasteiger partial charge in [-0.1, -0.05) is 0 Å². The molecule has 7 heteroatoms. The van der Waals surface area contributed by atoms with E-state index in [-0.39, 0.29) is 29.2 Å². The summed E-state index contributed by atoms with van der Waals surface area (Å²) in [7, 11) is 1.50. The highest BCUT2D eigenvalue weighted by Gasteiger charge is 2.19. The highest BCUT2D eigenvalue weighted by molar-refractivity contribution is 5.94. The minimum Gasteiger partial charge on any atom is -0.350 e. The molecule has 0 unspecified atom stereocenters. The molecule has 0 aromatic carbocycles. The van der Waals surface area contributed by atoms with Gasteiger partial charge in [-0.3, -0.25) is 14.4 Å². The van der Waals surface area contributed by atoms with E-state index in [0.717, 1.165) is 0 Å². The Kier molecular flexibility index (Phi) is 4.42. The third-order valence-corrected chi connectivity index (χ3v) is 2.14. The zero-order valence-corrected chi connectivity index (χ0v) is 11.5. The molecule has 0 radical (unpaired) electrons. The van der Waals surface area contributed by atoms with Crippen molar-refractivity contribution in [2.24, 2.45) is 0 Å². The number of hydrogen-bond acceptors (Lipinski definition) is 4. The number of hydrogen-bond donors (Lipinski definition) is 2. The van der Waals surface area contributed by atoms with E-state index in [2.05, 4.69) is 15.5 Å². The molecule has 19 heavy (non-hydrogen) atoms. The predicted molar refractivity (Wildman–Crippen MR) is 69.7 cm³/mol. The van der Waals surface area contributed by atoms with Gasteiger partial charge in [0.1, 0.15) is 5.69 Å². The smallest absolute Gasteiger partial charge is 0.274 e. The summed E-state index contributed by atoms with van der Waals surface area (Å²) in [4.78, 5) is 35.7. The van der Waals surface area contributed by atoms with Crippen molar-refractivity contribution in [3.05, 3.63) is 28.2 Å². The number of rotatable bonds is 3. The van der Waals surface area contributed by atoms with Gasteiger partial charge in [-0.05, 0) is 26.8 Å². The van der Waals surface area contributed by atoms with Gasteiger partial charge in [0.2, 0.25) is 5.91 Å². The third-order valence-electron chi connectivity index (χ3n) is 2.14. The first-order valence-electron chi connectivity index (χ1n) is 5.81. The number of aromatic amines is 1. The van der Waals surface area contributed by atoms with Gasteiger partial charge >= 0.3 is 0 Å². The predicted octanol–water partition coefficient (Wildman–Crippen LogP) is -0.243. The summed E-state index contributed by atoms with van der Waals surface area (Å²) < 4.78 is 0. The van der Waals surface area contributed by atoms with Crippen molar-refractivity contribution in [1.29, 1.82) is 0 Å². The van der Waals surface area contributed by atoms with Gasteiger partial charge in [-0.2, -0.15) is 5.10 Å². The Morgan fingerprint density at radius 1 is 1.37 bits per heavy atom. The summed E-state index contributed by atoms with van der Waals surface area (Å²) >= 11 is 0. The highest BCUT2D eigenvalue weighted by Crippen LogP contribution is 2.00. The number of nitrogens with zero attached hydrogens (tertiary/aromatic N) is 2. The van der Waals surface area contributed by atoms with Gasteiger partial charge in [0.05, 0.1) is 6.54 Å². The molecule has 1 aromatic heterocycles. The SMILES string of the molecule is CN(CC(=O)NC(C)(C)C)C(=O)c1ccc(=O)[nH]n1. The Hall–Kier alpha value is -2.18. The quantitative estimate of drug-likeness (QED) is 0.789. The van der Waals surface area contributed by atoms with E-state index in [1.807, 2.05) is 20.8 Å². The topological polar surface area (TPSA) is 95.2 Å². The molecule has 0 aliphatic carbocycles. The van der Waals surface area contributed by atoms with Crippen LogP contribution in [0.1, 0.15) is 31.3 Å². The number of nitrogens with one attached hydrogen (secondary N) is 2. The number of H-pyrrole nitrogens is 1. The molecule has 7 nitrogen and oxygen atoms in total. The van der Waals surface area contributed by atoms with E-state index in [4.69, 9.17) is 0 Å². The maximum absolute atomic E-state index is 11.9.